The van der Waals surface area contributed by atoms with Gasteiger partial charge in [-0.05, 0) is 37.6 Å². The van der Waals surface area contributed by atoms with Crippen LogP contribution in [0.5, 0.6) is 5.75 Å². The second-order valence-electron chi connectivity index (χ2n) is 5.40. The van der Waals surface area contributed by atoms with Crippen molar-refractivity contribution in [2.45, 2.75) is 20.3 Å². The van der Waals surface area contributed by atoms with Crippen LogP contribution in [0.15, 0.2) is 53.9 Å². The van der Waals surface area contributed by atoms with Crippen molar-refractivity contribution in [1.82, 2.24) is 10.4 Å². The predicted octanol–water partition coefficient (Wildman–Crippen LogP) is 2.29. The Balaban J connectivity index is 1.75. The number of carbonyl (C=O) groups is 2. The summed E-state index contributed by atoms with van der Waals surface area (Å²) in [5.41, 5.74) is 4.40. The van der Waals surface area contributed by atoms with Crippen molar-refractivity contribution < 1.29 is 14.3 Å². The number of anilines is 1. The molecule has 2 rings (SSSR count). The molecule has 2 N–H and O–H groups in total. The summed E-state index contributed by atoms with van der Waals surface area (Å²) in [6.07, 6.45) is 3.24. The van der Waals surface area contributed by atoms with Gasteiger partial charge in [0.05, 0.1) is 18.3 Å². The lowest BCUT2D eigenvalue weighted by Crippen LogP contribution is -2.26. The zero-order valence-corrected chi connectivity index (χ0v) is 14.2. The third-order valence-electron chi connectivity index (χ3n) is 3.19. The molecule has 0 aliphatic rings. The van der Waals surface area contributed by atoms with Gasteiger partial charge in [0, 0.05) is 11.9 Å². The summed E-state index contributed by atoms with van der Waals surface area (Å²) >= 11 is 0. The van der Waals surface area contributed by atoms with Crippen LogP contribution in [0.25, 0.3) is 0 Å². The van der Waals surface area contributed by atoms with Gasteiger partial charge in [-0.3, -0.25) is 14.6 Å². The van der Waals surface area contributed by atoms with Gasteiger partial charge in [0.2, 0.25) is 5.91 Å². The number of aryl methyl sites for hydroxylation is 1. The van der Waals surface area contributed by atoms with Crippen LogP contribution in [0.4, 0.5) is 5.69 Å². The average molecular weight is 340 g/mol. The predicted molar refractivity (Wildman–Crippen MR) is 95.4 cm³/mol. The summed E-state index contributed by atoms with van der Waals surface area (Å²) in [7, 11) is 0. The smallest absolute Gasteiger partial charge is 0.277 e. The lowest BCUT2D eigenvalue weighted by Gasteiger charge is -2.08. The minimum absolute atomic E-state index is 0.0633. The second kappa shape index (κ2) is 9.17. The van der Waals surface area contributed by atoms with Crippen molar-refractivity contribution >= 4 is 23.2 Å². The van der Waals surface area contributed by atoms with E-state index >= 15 is 0 Å². The summed E-state index contributed by atoms with van der Waals surface area (Å²) < 4.78 is 5.42. The van der Waals surface area contributed by atoms with Gasteiger partial charge in [0.1, 0.15) is 5.75 Å². The number of rotatable bonds is 7. The van der Waals surface area contributed by atoms with Crippen LogP contribution in [0.1, 0.15) is 18.9 Å². The van der Waals surface area contributed by atoms with Gasteiger partial charge in [-0.2, -0.15) is 5.10 Å². The van der Waals surface area contributed by atoms with Crippen LogP contribution in [-0.2, 0) is 9.59 Å². The molecule has 0 bridgehead atoms. The molecule has 0 saturated carbocycles. The van der Waals surface area contributed by atoms with E-state index in [1.54, 1.807) is 37.5 Å². The van der Waals surface area contributed by atoms with Crippen LogP contribution in [0.2, 0.25) is 0 Å². The van der Waals surface area contributed by atoms with Crippen LogP contribution >= 0.6 is 0 Å². The summed E-state index contributed by atoms with van der Waals surface area (Å²) in [6, 6.07) is 10.9. The van der Waals surface area contributed by atoms with Crippen molar-refractivity contribution in [2.75, 3.05) is 11.9 Å². The molecule has 0 spiro atoms. The molecule has 0 fully saturated rings. The lowest BCUT2D eigenvalue weighted by atomic mass is 10.2. The Morgan fingerprint density at radius 3 is 2.68 bits per heavy atom. The van der Waals surface area contributed by atoms with E-state index in [-0.39, 0.29) is 18.9 Å². The van der Waals surface area contributed by atoms with Gasteiger partial charge >= 0.3 is 0 Å². The molecule has 0 radical (unpaired) electrons. The maximum Gasteiger partial charge on any atom is 0.277 e. The molecule has 2 aromatic rings. The molecule has 7 nitrogen and oxygen atoms in total. The highest BCUT2D eigenvalue weighted by Gasteiger charge is 2.07. The van der Waals surface area contributed by atoms with E-state index in [9.17, 15) is 9.59 Å². The number of pyridine rings is 1. The van der Waals surface area contributed by atoms with E-state index in [0.29, 0.717) is 17.1 Å². The summed E-state index contributed by atoms with van der Waals surface area (Å²) in [5.74, 6) is 0.0177. The van der Waals surface area contributed by atoms with Crippen LogP contribution < -0.4 is 15.5 Å². The average Bonchev–Trinajstić information content (AvgIpc) is 2.60. The number of ether oxygens (including phenoxy) is 1. The third kappa shape index (κ3) is 6.42. The lowest BCUT2D eigenvalue weighted by molar-refractivity contribution is -0.123. The molecule has 0 unspecified atom stereocenters. The molecular formula is C18H20N4O3. The van der Waals surface area contributed by atoms with E-state index in [1.807, 2.05) is 25.1 Å². The zero-order chi connectivity index (χ0) is 18.1. The van der Waals surface area contributed by atoms with E-state index in [0.717, 1.165) is 5.56 Å². The number of nitrogens with zero attached hydrogens (tertiary/aromatic N) is 2. The van der Waals surface area contributed by atoms with Crippen molar-refractivity contribution in [3.8, 4) is 5.75 Å². The number of para-hydroxylation sites is 1. The van der Waals surface area contributed by atoms with Crippen LogP contribution in [0, 0.1) is 6.92 Å². The molecule has 130 valence electrons. The fourth-order valence-corrected chi connectivity index (χ4v) is 1.97. The number of hydrazone groups is 1. The monoisotopic (exact) mass is 340 g/mol. The third-order valence-corrected chi connectivity index (χ3v) is 3.19. The number of benzene rings is 1. The van der Waals surface area contributed by atoms with Crippen LogP contribution in [-0.4, -0.2) is 29.1 Å². The SMILES string of the molecule is CC(CC(=O)Nc1cccnc1)=NNC(=O)COc1ccccc1C. The fourth-order valence-electron chi connectivity index (χ4n) is 1.97. The van der Waals surface area contributed by atoms with Crippen molar-refractivity contribution in [2.24, 2.45) is 5.10 Å². The molecule has 1 heterocycles. The maximum absolute atomic E-state index is 11.9. The van der Waals surface area contributed by atoms with Gasteiger partial charge in [0.15, 0.2) is 6.61 Å². The standard InChI is InChI=1S/C18H20N4O3/c1-13-6-3-4-8-16(13)25-12-18(24)22-21-14(2)10-17(23)20-15-7-5-9-19-11-15/h3-9,11H,10,12H2,1-2H3,(H,20,23)(H,22,24). The molecule has 1 aromatic carbocycles. The van der Waals surface area contributed by atoms with E-state index in [1.165, 1.54) is 0 Å². The molecule has 2 amide bonds. The summed E-state index contributed by atoms with van der Waals surface area (Å²) in [4.78, 5) is 27.5. The molecule has 1 aromatic heterocycles. The van der Waals surface area contributed by atoms with Gasteiger partial charge in [-0.15, -0.1) is 0 Å². The van der Waals surface area contributed by atoms with E-state index in [4.69, 9.17) is 4.74 Å². The van der Waals surface area contributed by atoms with Crippen molar-refractivity contribution in [3.63, 3.8) is 0 Å². The van der Waals surface area contributed by atoms with Crippen molar-refractivity contribution in [1.29, 1.82) is 0 Å². The largest absolute Gasteiger partial charge is 0.483 e. The highest BCUT2D eigenvalue weighted by molar-refractivity contribution is 6.05. The Labute approximate surface area is 146 Å². The van der Waals surface area contributed by atoms with Gasteiger partial charge in [-0.1, -0.05) is 18.2 Å². The van der Waals surface area contributed by atoms with Gasteiger partial charge in [0.25, 0.3) is 5.91 Å². The molecule has 7 heteroatoms. The topological polar surface area (TPSA) is 92.7 Å². The first-order valence-electron chi connectivity index (χ1n) is 7.75. The highest BCUT2D eigenvalue weighted by atomic mass is 16.5. The van der Waals surface area contributed by atoms with Gasteiger partial charge in [-0.25, -0.2) is 5.43 Å². The Bertz CT molecular complexity index is 760. The van der Waals surface area contributed by atoms with Gasteiger partial charge < -0.3 is 10.1 Å². The quantitative estimate of drug-likeness (QED) is 0.597. The Hall–Kier alpha value is -3.22. The number of hydrogen-bond donors (Lipinski definition) is 2. The number of hydrogen-bond acceptors (Lipinski definition) is 5. The Morgan fingerprint density at radius 2 is 1.96 bits per heavy atom. The fraction of sp³-hybridized carbons (Fsp3) is 0.222. The number of carbonyl (C=O) groups excluding carboxylic acids is 2. The molecule has 25 heavy (non-hydrogen) atoms. The molecule has 0 aliphatic carbocycles. The maximum atomic E-state index is 11.9. The first kappa shape index (κ1) is 18.1. The first-order chi connectivity index (χ1) is 12.0. The summed E-state index contributed by atoms with van der Waals surface area (Å²) in [6.45, 7) is 3.41. The number of nitrogens with one attached hydrogen (secondary N) is 2. The molecule has 0 atom stereocenters. The molecule has 0 saturated heterocycles. The number of amides is 2. The van der Waals surface area contributed by atoms with E-state index < -0.39 is 5.91 Å². The zero-order valence-electron chi connectivity index (χ0n) is 14.2. The normalized spacial score (nSPS) is 10.9. The van der Waals surface area contributed by atoms with Crippen molar-refractivity contribution in [3.05, 3.63) is 54.4 Å². The van der Waals surface area contributed by atoms with Crippen LogP contribution in [0.3, 0.4) is 0 Å². The first-order valence-corrected chi connectivity index (χ1v) is 7.75. The Kier molecular flexibility index (Phi) is 6.65. The number of aromatic nitrogens is 1. The molecule has 0 aliphatic heterocycles. The second-order valence-corrected chi connectivity index (χ2v) is 5.40. The highest BCUT2D eigenvalue weighted by Crippen LogP contribution is 2.15. The minimum Gasteiger partial charge on any atom is -0.483 e. The molecular weight excluding hydrogens is 320 g/mol. The summed E-state index contributed by atoms with van der Waals surface area (Å²) in [5, 5.41) is 6.59. The Morgan fingerprint density at radius 1 is 1.16 bits per heavy atom. The van der Waals surface area contributed by atoms with E-state index in [2.05, 4.69) is 20.8 Å². The minimum atomic E-state index is -0.393.